The molecule has 0 aliphatic carbocycles. The number of carbonyl (C=O) groups excluding carboxylic acids is 3. The maximum Gasteiger partial charge on any atom is 0.305 e. The van der Waals surface area contributed by atoms with Crippen LogP contribution < -0.4 is 4.90 Å². The maximum atomic E-state index is 13.5. The minimum absolute atomic E-state index is 0.103. The molecule has 0 saturated carbocycles. The lowest BCUT2D eigenvalue weighted by atomic mass is 9.83. The van der Waals surface area contributed by atoms with Crippen molar-refractivity contribution in [2.24, 2.45) is 5.92 Å². The van der Waals surface area contributed by atoms with Crippen LogP contribution in [-0.4, -0.2) is 59.2 Å². The summed E-state index contributed by atoms with van der Waals surface area (Å²) in [7, 11) is 1.35. The number of aliphatic hydroxyl groups is 2. The van der Waals surface area contributed by atoms with E-state index in [1.807, 2.05) is 36.4 Å². The molecule has 8 nitrogen and oxygen atoms in total. The van der Waals surface area contributed by atoms with Gasteiger partial charge in [0.05, 0.1) is 25.4 Å². The van der Waals surface area contributed by atoms with Gasteiger partial charge in [0.15, 0.2) is 5.60 Å². The van der Waals surface area contributed by atoms with Gasteiger partial charge in [0.1, 0.15) is 0 Å². The van der Waals surface area contributed by atoms with Crippen LogP contribution in [-0.2, 0) is 37.7 Å². The Morgan fingerprint density at radius 3 is 2.58 bits per heavy atom. The van der Waals surface area contributed by atoms with Crippen LogP contribution in [0, 0.1) is 5.92 Å². The Morgan fingerprint density at radius 2 is 1.84 bits per heavy atom. The number of nitrogens with zero attached hydrogens (tertiary/aromatic N) is 2. The number of hydrogen-bond donors (Lipinski definition) is 2. The molecule has 2 N–H and O–H groups in total. The Kier molecular flexibility index (Phi) is 8.64. The van der Waals surface area contributed by atoms with Crippen molar-refractivity contribution in [3.05, 3.63) is 77.4 Å². The molecule has 2 aromatic rings. The van der Waals surface area contributed by atoms with E-state index in [9.17, 15) is 24.6 Å². The predicted octanol–water partition coefficient (Wildman–Crippen LogP) is 3.09. The van der Waals surface area contributed by atoms with Crippen LogP contribution in [0.2, 0.25) is 0 Å². The van der Waals surface area contributed by atoms with Gasteiger partial charge in [-0.25, -0.2) is 0 Å². The zero-order chi connectivity index (χ0) is 27.3. The molecule has 2 aliphatic rings. The number of ether oxygens (including phenoxy) is 1. The Hall–Kier alpha value is -3.49. The number of rotatable bonds is 10. The molecular weight excluding hydrogens is 484 g/mol. The van der Waals surface area contributed by atoms with Crippen LogP contribution in [0.25, 0.3) is 0 Å². The van der Waals surface area contributed by atoms with Gasteiger partial charge in [-0.05, 0) is 36.5 Å². The molecule has 0 unspecified atom stereocenters. The average Bonchev–Trinajstić information content (AvgIpc) is 3.16. The zero-order valence-corrected chi connectivity index (χ0v) is 22.0. The topological polar surface area (TPSA) is 107 Å². The largest absolute Gasteiger partial charge is 0.469 e. The normalized spacial score (nSPS) is 21.4. The van der Waals surface area contributed by atoms with Gasteiger partial charge in [-0.2, -0.15) is 0 Å². The first-order valence-electron chi connectivity index (χ1n) is 13.2. The molecule has 3 atom stereocenters. The molecule has 0 bridgehead atoms. The predicted molar refractivity (Wildman–Crippen MR) is 143 cm³/mol. The number of amides is 2. The molecule has 202 valence electrons. The number of esters is 1. The van der Waals surface area contributed by atoms with Crippen LogP contribution >= 0.6 is 0 Å². The van der Waals surface area contributed by atoms with E-state index in [0.29, 0.717) is 43.6 Å². The van der Waals surface area contributed by atoms with E-state index in [0.717, 1.165) is 11.1 Å². The van der Waals surface area contributed by atoms with E-state index in [1.54, 1.807) is 41.0 Å². The Morgan fingerprint density at radius 1 is 1.13 bits per heavy atom. The number of para-hydroxylation sites is 1. The van der Waals surface area contributed by atoms with Gasteiger partial charge in [-0.1, -0.05) is 61.5 Å². The Labute approximate surface area is 223 Å². The van der Waals surface area contributed by atoms with Crippen LogP contribution in [0.15, 0.2) is 60.7 Å². The third kappa shape index (κ3) is 5.37. The quantitative estimate of drug-likeness (QED) is 0.283. The van der Waals surface area contributed by atoms with Gasteiger partial charge in [0.25, 0.3) is 5.91 Å². The summed E-state index contributed by atoms with van der Waals surface area (Å²) in [5.41, 5.74) is 1.67. The second kappa shape index (κ2) is 11.9. The van der Waals surface area contributed by atoms with Crippen molar-refractivity contribution in [1.82, 2.24) is 4.90 Å². The third-order valence-corrected chi connectivity index (χ3v) is 7.68. The lowest BCUT2D eigenvalue weighted by Crippen LogP contribution is -2.46. The molecule has 0 saturated heterocycles. The highest BCUT2D eigenvalue weighted by atomic mass is 16.5. The summed E-state index contributed by atoms with van der Waals surface area (Å²) < 4.78 is 4.68. The van der Waals surface area contributed by atoms with Crippen molar-refractivity contribution in [1.29, 1.82) is 0 Å². The number of anilines is 1. The molecule has 2 aromatic carbocycles. The van der Waals surface area contributed by atoms with Crippen LogP contribution in [0.1, 0.15) is 49.3 Å². The van der Waals surface area contributed by atoms with Crippen molar-refractivity contribution in [3.63, 3.8) is 0 Å². The number of carbonyl (C=O) groups is 3. The number of aliphatic hydroxyl groups excluding tert-OH is 1. The summed E-state index contributed by atoms with van der Waals surface area (Å²) in [5, 5.41) is 21.6. The summed E-state index contributed by atoms with van der Waals surface area (Å²) >= 11 is 0. The smallest absolute Gasteiger partial charge is 0.305 e. The summed E-state index contributed by atoms with van der Waals surface area (Å²) in [5.74, 6) is -1.39. The molecule has 0 spiro atoms. The lowest BCUT2D eigenvalue weighted by molar-refractivity contribution is -0.140. The number of benzene rings is 2. The highest BCUT2D eigenvalue weighted by molar-refractivity contribution is 6.07. The SMILES string of the molecule is COC(=O)CCCCN1C(=O)[C@@](O)([C@@H](C)/C=C/CC(=O)N2Cc3ccccc3C[C@H]2CO)c2ccccc21. The number of hydrogen-bond acceptors (Lipinski definition) is 6. The first kappa shape index (κ1) is 27.5. The monoisotopic (exact) mass is 520 g/mol. The minimum Gasteiger partial charge on any atom is -0.469 e. The first-order valence-corrected chi connectivity index (χ1v) is 13.2. The van der Waals surface area contributed by atoms with Gasteiger partial charge in [-0.3, -0.25) is 14.4 Å². The molecular formula is C30H36N2O6. The fourth-order valence-electron chi connectivity index (χ4n) is 5.44. The van der Waals surface area contributed by atoms with Crippen molar-refractivity contribution in [2.75, 3.05) is 25.2 Å². The highest BCUT2D eigenvalue weighted by Crippen LogP contribution is 2.45. The maximum absolute atomic E-state index is 13.5. The molecule has 2 amide bonds. The highest BCUT2D eigenvalue weighted by Gasteiger charge is 2.52. The molecule has 2 heterocycles. The van der Waals surface area contributed by atoms with E-state index < -0.39 is 17.4 Å². The summed E-state index contributed by atoms with van der Waals surface area (Å²) in [6, 6.07) is 14.9. The minimum atomic E-state index is -1.75. The Bertz CT molecular complexity index is 1210. The summed E-state index contributed by atoms with van der Waals surface area (Å²) in [6.07, 6.45) is 5.58. The van der Waals surface area contributed by atoms with E-state index in [1.165, 1.54) is 7.11 Å². The molecule has 2 aliphatic heterocycles. The number of methoxy groups -OCH3 is 1. The fourth-order valence-corrected chi connectivity index (χ4v) is 5.44. The van der Waals surface area contributed by atoms with E-state index in [2.05, 4.69) is 4.74 Å². The van der Waals surface area contributed by atoms with Gasteiger partial charge in [0.2, 0.25) is 5.91 Å². The zero-order valence-electron chi connectivity index (χ0n) is 22.0. The van der Waals surface area contributed by atoms with Crippen molar-refractivity contribution >= 4 is 23.5 Å². The second-order valence-electron chi connectivity index (χ2n) is 10.0. The number of fused-ring (bicyclic) bond motifs is 2. The third-order valence-electron chi connectivity index (χ3n) is 7.68. The Balaban J connectivity index is 1.43. The van der Waals surface area contributed by atoms with Crippen LogP contribution in [0.4, 0.5) is 5.69 Å². The van der Waals surface area contributed by atoms with Gasteiger partial charge in [0, 0.05) is 37.4 Å². The molecule has 4 rings (SSSR count). The molecule has 0 fully saturated rings. The average molecular weight is 521 g/mol. The molecule has 0 radical (unpaired) electrons. The van der Waals surface area contributed by atoms with E-state index in [4.69, 9.17) is 0 Å². The second-order valence-corrected chi connectivity index (χ2v) is 10.0. The van der Waals surface area contributed by atoms with Gasteiger partial charge >= 0.3 is 5.97 Å². The van der Waals surface area contributed by atoms with Crippen LogP contribution in [0.5, 0.6) is 0 Å². The fraction of sp³-hybridized carbons (Fsp3) is 0.433. The first-order chi connectivity index (χ1) is 18.3. The van der Waals surface area contributed by atoms with E-state index in [-0.39, 0.29) is 37.4 Å². The van der Waals surface area contributed by atoms with Gasteiger partial charge < -0.3 is 24.7 Å². The lowest BCUT2D eigenvalue weighted by Gasteiger charge is -2.36. The molecule has 38 heavy (non-hydrogen) atoms. The van der Waals surface area contributed by atoms with Crippen molar-refractivity contribution in [3.8, 4) is 0 Å². The van der Waals surface area contributed by atoms with Gasteiger partial charge in [-0.15, -0.1) is 0 Å². The number of unbranched alkanes of at least 4 members (excludes halogenated alkanes) is 1. The molecule has 8 heteroatoms. The van der Waals surface area contributed by atoms with Crippen molar-refractivity contribution in [2.45, 2.75) is 57.2 Å². The van der Waals surface area contributed by atoms with Crippen molar-refractivity contribution < 1.29 is 29.3 Å². The van der Waals surface area contributed by atoms with E-state index >= 15 is 0 Å². The summed E-state index contributed by atoms with van der Waals surface area (Å²) in [4.78, 5) is 41.3. The standard InChI is InChI=1S/C30H36N2O6/c1-21(10-9-15-27(34)32-19-23-12-4-3-11-22(23)18-24(32)20-33)30(37)25-13-5-6-14-26(25)31(29(30)36)17-8-7-16-28(35)38-2/h3-6,9-14,21,24,33,37H,7-8,15-20H2,1-2H3/b10-9+/t21-,24-,30+/m0/s1. The van der Waals surface area contributed by atoms with Crippen LogP contribution in [0.3, 0.4) is 0 Å². The molecule has 0 aromatic heterocycles. The summed E-state index contributed by atoms with van der Waals surface area (Å²) in [6.45, 7) is 2.48.